The van der Waals surface area contributed by atoms with E-state index in [1.54, 1.807) is 0 Å². The first kappa shape index (κ1) is 15.3. The fourth-order valence-corrected chi connectivity index (χ4v) is 2.97. The van der Waals surface area contributed by atoms with E-state index in [1.165, 1.54) is 24.3 Å². The Hall–Kier alpha value is -1.06. The van der Waals surface area contributed by atoms with E-state index >= 15 is 0 Å². The van der Waals surface area contributed by atoms with Crippen LogP contribution in [-0.2, 0) is 6.42 Å². The van der Waals surface area contributed by atoms with Gasteiger partial charge in [-0.2, -0.15) is 0 Å². The summed E-state index contributed by atoms with van der Waals surface area (Å²) in [6.45, 7) is 9.31. The molecule has 0 bridgehead atoms. The second-order valence-corrected chi connectivity index (χ2v) is 6.36. The summed E-state index contributed by atoms with van der Waals surface area (Å²) in [6.07, 6.45) is 1.16. The third-order valence-electron chi connectivity index (χ3n) is 4.29. The Kier molecular flexibility index (Phi) is 5.44. The van der Waals surface area contributed by atoms with Gasteiger partial charge in [-0.15, -0.1) is 0 Å². The molecule has 1 N–H and O–H groups in total. The first-order valence-electron chi connectivity index (χ1n) is 7.79. The van der Waals surface area contributed by atoms with Crippen LogP contribution >= 0.6 is 0 Å². The van der Waals surface area contributed by atoms with Crippen molar-refractivity contribution in [3.63, 3.8) is 0 Å². The van der Waals surface area contributed by atoms with E-state index < -0.39 is 0 Å². The number of anilines is 1. The molecule has 3 nitrogen and oxygen atoms in total. The molecule has 1 saturated heterocycles. The van der Waals surface area contributed by atoms with E-state index in [9.17, 15) is 0 Å². The zero-order valence-electron chi connectivity index (χ0n) is 13.4. The van der Waals surface area contributed by atoms with Crippen molar-refractivity contribution in [1.82, 2.24) is 10.2 Å². The van der Waals surface area contributed by atoms with Crippen LogP contribution < -0.4 is 10.2 Å². The second-order valence-electron chi connectivity index (χ2n) is 6.36. The van der Waals surface area contributed by atoms with Crippen molar-refractivity contribution >= 4 is 5.69 Å². The van der Waals surface area contributed by atoms with Gasteiger partial charge >= 0.3 is 0 Å². The van der Waals surface area contributed by atoms with Crippen molar-refractivity contribution < 1.29 is 0 Å². The predicted octanol–water partition coefficient (Wildman–Crippen LogP) is 2.22. The largest absolute Gasteiger partial charge is 0.378 e. The molecule has 1 heterocycles. The molecule has 20 heavy (non-hydrogen) atoms. The highest BCUT2D eigenvalue weighted by Crippen LogP contribution is 2.19. The van der Waals surface area contributed by atoms with Crippen LogP contribution in [-0.4, -0.2) is 51.2 Å². The lowest BCUT2D eigenvalue weighted by Gasteiger charge is -2.37. The van der Waals surface area contributed by atoms with E-state index in [4.69, 9.17) is 0 Å². The molecule has 0 saturated carbocycles. The summed E-state index contributed by atoms with van der Waals surface area (Å²) in [4.78, 5) is 4.81. The SMILES string of the molecule is CC(C)C(Cc1ccc(N(C)C)cc1)N1CCNCC1. The minimum atomic E-state index is 0.655. The molecule has 0 aliphatic carbocycles. The van der Waals surface area contributed by atoms with Crippen molar-refractivity contribution in [3.05, 3.63) is 29.8 Å². The zero-order chi connectivity index (χ0) is 14.5. The maximum absolute atomic E-state index is 3.45. The fraction of sp³-hybridized carbons (Fsp3) is 0.647. The Morgan fingerprint density at radius 1 is 1.10 bits per heavy atom. The van der Waals surface area contributed by atoms with Crippen LogP contribution in [0.15, 0.2) is 24.3 Å². The van der Waals surface area contributed by atoms with Gasteiger partial charge in [0, 0.05) is 52.0 Å². The molecule has 0 radical (unpaired) electrons. The molecular formula is C17H29N3. The van der Waals surface area contributed by atoms with Crippen LogP contribution in [0.3, 0.4) is 0 Å². The number of hydrogen-bond acceptors (Lipinski definition) is 3. The Morgan fingerprint density at radius 2 is 1.70 bits per heavy atom. The highest BCUT2D eigenvalue weighted by atomic mass is 15.2. The third-order valence-corrected chi connectivity index (χ3v) is 4.29. The van der Waals surface area contributed by atoms with Crippen LogP contribution in [0, 0.1) is 5.92 Å². The summed E-state index contributed by atoms with van der Waals surface area (Å²) < 4.78 is 0. The van der Waals surface area contributed by atoms with Gasteiger partial charge in [0.1, 0.15) is 0 Å². The van der Waals surface area contributed by atoms with E-state index in [-0.39, 0.29) is 0 Å². The van der Waals surface area contributed by atoms with E-state index in [0.717, 1.165) is 19.5 Å². The van der Waals surface area contributed by atoms with Gasteiger partial charge in [-0.1, -0.05) is 26.0 Å². The van der Waals surface area contributed by atoms with Gasteiger partial charge in [0.25, 0.3) is 0 Å². The zero-order valence-corrected chi connectivity index (χ0v) is 13.4. The molecule has 2 rings (SSSR count). The molecule has 3 heteroatoms. The van der Waals surface area contributed by atoms with Crippen molar-refractivity contribution in [2.45, 2.75) is 26.3 Å². The van der Waals surface area contributed by atoms with Crippen LogP contribution in [0.25, 0.3) is 0 Å². The average Bonchev–Trinajstić information content (AvgIpc) is 2.46. The topological polar surface area (TPSA) is 18.5 Å². The van der Waals surface area contributed by atoms with Gasteiger partial charge in [-0.3, -0.25) is 4.90 Å². The Balaban J connectivity index is 2.03. The lowest BCUT2D eigenvalue weighted by molar-refractivity contribution is 0.136. The third kappa shape index (κ3) is 3.97. The first-order valence-corrected chi connectivity index (χ1v) is 7.79. The monoisotopic (exact) mass is 275 g/mol. The minimum absolute atomic E-state index is 0.655. The molecule has 1 atom stereocenters. The van der Waals surface area contributed by atoms with Gasteiger partial charge in [0.2, 0.25) is 0 Å². The normalized spacial score (nSPS) is 18.2. The predicted molar refractivity (Wildman–Crippen MR) is 87.5 cm³/mol. The quantitative estimate of drug-likeness (QED) is 0.889. The molecule has 1 aromatic rings. The van der Waals surface area contributed by atoms with Gasteiger partial charge in [-0.25, -0.2) is 0 Å². The highest BCUT2D eigenvalue weighted by Gasteiger charge is 2.23. The van der Waals surface area contributed by atoms with Gasteiger partial charge in [-0.05, 0) is 30.0 Å². The van der Waals surface area contributed by atoms with E-state index in [0.29, 0.717) is 12.0 Å². The number of nitrogens with one attached hydrogen (secondary N) is 1. The Bertz CT molecular complexity index is 391. The molecule has 0 aromatic heterocycles. The fourth-order valence-electron chi connectivity index (χ4n) is 2.97. The van der Waals surface area contributed by atoms with Gasteiger partial charge < -0.3 is 10.2 Å². The Morgan fingerprint density at radius 3 is 2.20 bits per heavy atom. The minimum Gasteiger partial charge on any atom is -0.378 e. The van der Waals surface area contributed by atoms with Crippen molar-refractivity contribution in [2.24, 2.45) is 5.92 Å². The van der Waals surface area contributed by atoms with E-state index in [1.807, 2.05) is 0 Å². The first-order chi connectivity index (χ1) is 9.58. The molecular weight excluding hydrogens is 246 g/mol. The van der Waals surface area contributed by atoms with Crippen molar-refractivity contribution in [1.29, 1.82) is 0 Å². The molecule has 1 fully saturated rings. The summed E-state index contributed by atoms with van der Waals surface area (Å²) in [5.74, 6) is 0.696. The number of hydrogen-bond donors (Lipinski definition) is 1. The number of benzene rings is 1. The lowest BCUT2D eigenvalue weighted by Crippen LogP contribution is -2.50. The smallest absolute Gasteiger partial charge is 0.0361 e. The summed E-state index contributed by atoms with van der Waals surface area (Å²) >= 11 is 0. The van der Waals surface area contributed by atoms with Crippen LogP contribution in [0.4, 0.5) is 5.69 Å². The molecule has 0 amide bonds. The standard InChI is InChI=1S/C17H29N3/c1-14(2)17(20-11-9-18-10-12-20)13-15-5-7-16(8-6-15)19(3)4/h5-8,14,17-18H,9-13H2,1-4H3. The average molecular weight is 275 g/mol. The highest BCUT2D eigenvalue weighted by molar-refractivity contribution is 5.46. The van der Waals surface area contributed by atoms with Crippen molar-refractivity contribution in [2.75, 3.05) is 45.2 Å². The van der Waals surface area contributed by atoms with Crippen molar-refractivity contribution in [3.8, 4) is 0 Å². The number of rotatable bonds is 5. The molecule has 1 aromatic carbocycles. The molecule has 1 aliphatic rings. The molecule has 112 valence electrons. The van der Waals surface area contributed by atoms with Gasteiger partial charge in [0.15, 0.2) is 0 Å². The molecule has 0 spiro atoms. The van der Waals surface area contributed by atoms with E-state index in [2.05, 4.69) is 67.3 Å². The summed E-state index contributed by atoms with van der Waals surface area (Å²) in [6, 6.07) is 9.68. The summed E-state index contributed by atoms with van der Waals surface area (Å²) in [5, 5.41) is 3.45. The number of nitrogens with zero attached hydrogens (tertiary/aromatic N) is 2. The number of piperazine rings is 1. The summed E-state index contributed by atoms with van der Waals surface area (Å²) in [5.41, 5.74) is 2.73. The second kappa shape index (κ2) is 7.09. The maximum Gasteiger partial charge on any atom is 0.0361 e. The molecule has 1 aliphatic heterocycles. The maximum atomic E-state index is 3.45. The molecule has 1 unspecified atom stereocenters. The van der Waals surface area contributed by atoms with Crippen LogP contribution in [0.2, 0.25) is 0 Å². The van der Waals surface area contributed by atoms with Gasteiger partial charge in [0.05, 0.1) is 0 Å². The van der Waals surface area contributed by atoms with Crippen LogP contribution in [0.5, 0.6) is 0 Å². The Labute approximate surface area is 124 Å². The van der Waals surface area contributed by atoms with Crippen LogP contribution in [0.1, 0.15) is 19.4 Å². The summed E-state index contributed by atoms with van der Waals surface area (Å²) in [7, 11) is 4.18. The lowest BCUT2D eigenvalue weighted by atomic mass is 9.94.